The Kier molecular flexibility index (Phi) is 3.04. The first-order valence-electron chi connectivity index (χ1n) is 4.51. The predicted molar refractivity (Wildman–Crippen MR) is 61.9 cm³/mol. The fourth-order valence-corrected chi connectivity index (χ4v) is 1.82. The van der Waals surface area contributed by atoms with E-state index < -0.39 is 0 Å². The molecule has 0 bridgehead atoms. The Balaban J connectivity index is 0.000000963. The molecule has 0 saturated carbocycles. The number of hydrogen-bond acceptors (Lipinski definition) is 3. The summed E-state index contributed by atoms with van der Waals surface area (Å²) in [5, 5.41) is 5.98. The number of anilines is 1. The van der Waals surface area contributed by atoms with Gasteiger partial charge in [-0.3, -0.25) is 0 Å². The smallest absolute Gasteiger partial charge is 0.355 e. The molecule has 1 aromatic heterocycles. The highest BCUT2D eigenvalue weighted by molar-refractivity contribution is 9.18. The maximum Gasteiger partial charge on any atom is 0.355 e. The first-order chi connectivity index (χ1) is 7.33. The lowest BCUT2D eigenvalue weighted by Crippen LogP contribution is -3.00. The zero-order valence-electron chi connectivity index (χ0n) is 8.09. The molecule has 1 aliphatic rings. The molecular formula is C9H9BrClN5. The van der Waals surface area contributed by atoms with Gasteiger partial charge >= 0.3 is 4.74 Å². The summed E-state index contributed by atoms with van der Waals surface area (Å²) in [7, 11) is 0. The van der Waals surface area contributed by atoms with E-state index in [0.29, 0.717) is 0 Å². The number of hydrogen-bond donors (Lipinski definition) is 4. The van der Waals surface area contributed by atoms with Crippen LogP contribution in [-0.4, -0.2) is 9.73 Å². The van der Waals surface area contributed by atoms with Gasteiger partial charge in [0.2, 0.25) is 0 Å². The fraction of sp³-hybridized carbons (Fsp3) is 0. The van der Waals surface area contributed by atoms with Gasteiger partial charge in [-0.2, -0.15) is 5.43 Å². The molecule has 4 N–H and O–H groups in total. The van der Waals surface area contributed by atoms with Gasteiger partial charge in [0.05, 0.1) is 15.9 Å². The SMILES string of the molecule is BrC1=[NH+]N(c2cc3ccccc3[nH]2)NN1.[Cl-]. The quantitative estimate of drug-likeness (QED) is 0.419. The minimum absolute atomic E-state index is 0. The lowest BCUT2D eigenvalue weighted by molar-refractivity contribution is -0.468. The van der Waals surface area contributed by atoms with E-state index in [-0.39, 0.29) is 12.4 Å². The molecule has 0 amide bonds. The third-order valence-corrected chi connectivity index (χ3v) is 2.62. The van der Waals surface area contributed by atoms with Crippen molar-refractivity contribution in [1.29, 1.82) is 0 Å². The van der Waals surface area contributed by atoms with Gasteiger partial charge < -0.3 is 17.4 Å². The number of aromatic nitrogens is 1. The van der Waals surface area contributed by atoms with Gasteiger partial charge in [-0.1, -0.05) is 23.3 Å². The molecule has 0 fully saturated rings. The van der Waals surface area contributed by atoms with Crippen LogP contribution >= 0.6 is 15.9 Å². The topological polar surface area (TPSA) is 57.1 Å². The van der Waals surface area contributed by atoms with E-state index in [1.165, 1.54) is 5.39 Å². The van der Waals surface area contributed by atoms with Crippen molar-refractivity contribution in [1.82, 2.24) is 15.9 Å². The number of hydrazine groups is 3. The Hall–Kier alpha value is -1.24. The van der Waals surface area contributed by atoms with Crippen LogP contribution in [0.3, 0.4) is 0 Å². The summed E-state index contributed by atoms with van der Waals surface area (Å²) in [5.74, 6) is 0.943. The monoisotopic (exact) mass is 301 g/mol. The molecule has 0 spiro atoms. The van der Waals surface area contributed by atoms with Gasteiger partial charge in [-0.15, -0.1) is 5.10 Å². The van der Waals surface area contributed by atoms with Crippen LogP contribution in [0.2, 0.25) is 0 Å². The van der Waals surface area contributed by atoms with E-state index in [1.54, 1.807) is 5.12 Å². The molecule has 3 rings (SSSR count). The zero-order chi connectivity index (χ0) is 10.3. The molecule has 2 heterocycles. The first kappa shape index (κ1) is 11.3. The van der Waals surface area contributed by atoms with Crippen molar-refractivity contribution >= 4 is 37.4 Å². The molecule has 7 heteroatoms. The number of para-hydroxylation sites is 1. The van der Waals surface area contributed by atoms with Crippen molar-refractivity contribution in [3.05, 3.63) is 30.3 Å². The Labute approximate surface area is 106 Å². The van der Waals surface area contributed by atoms with Crippen LogP contribution in [0.4, 0.5) is 5.82 Å². The predicted octanol–water partition coefficient (Wildman–Crippen LogP) is -3.25. The van der Waals surface area contributed by atoms with E-state index >= 15 is 0 Å². The van der Waals surface area contributed by atoms with E-state index in [1.807, 2.05) is 18.2 Å². The molecule has 1 aliphatic heterocycles. The summed E-state index contributed by atoms with van der Waals surface area (Å²) >= 11 is 3.30. The molecule has 5 nitrogen and oxygen atoms in total. The standard InChI is InChI=1S/C9H8BrN5.ClH/c10-9-12-14-15(13-9)8-5-6-3-1-2-4-7(6)11-8;/h1-5,11,14H,(H,12,13);1H. The third kappa shape index (κ3) is 1.87. The van der Waals surface area contributed by atoms with E-state index in [4.69, 9.17) is 0 Å². The van der Waals surface area contributed by atoms with Crippen LogP contribution in [0.15, 0.2) is 30.3 Å². The average Bonchev–Trinajstić information content (AvgIpc) is 2.82. The third-order valence-electron chi connectivity index (χ3n) is 2.24. The normalized spacial score (nSPS) is 14.6. The van der Waals surface area contributed by atoms with Crippen molar-refractivity contribution in [2.24, 2.45) is 0 Å². The van der Waals surface area contributed by atoms with Crippen molar-refractivity contribution in [2.75, 3.05) is 5.12 Å². The minimum Gasteiger partial charge on any atom is -1.00 e. The zero-order valence-corrected chi connectivity index (χ0v) is 10.4. The highest BCUT2D eigenvalue weighted by Gasteiger charge is 2.19. The first-order valence-corrected chi connectivity index (χ1v) is 5.31. The Bertz CT molecular complexity index is 504. The molecule has 0 radical (unpaired) electrons. The Morgan fingerprint density at radius 1 is 1.25 bits per heavy atom. The molecule has 0 unspecified atom stereocenters. The molecule has 16 heavy (non-hydrogen) atoms. The second kappa shape index (κ2) is 4.32. The van der Waals surface area contributed by atoms with E-state index in [2.05, 4.69) is 49.1 Å². The van der Waals surface area contributed by atoms with Crippen LogP contribution in [0.1, 0.15) is 0 Å². The van der Waals surface area contributed by atoms with E-state index in [0.717, 1.165) is 16.1 Å². The second-order valence-electron chi connectivity index (χ2n) is 3.24. The summed E-state index contributed by atoms with van der Waals surface area (Å²) in [5.41, 5.74) is 6.94. The van der Waals surface area contributed by atoms with Crippen molar-refractivity contribution in [3.63, 3.8) is 0 Å². The summed E-state index contributed by atoms with van der Waals surface area (Å²) in [6.07, 6.45) is 0. The second-order valence-corrected chi connectivity index (χ2v) is 4.03. The number of H-pyrrole nitrogens is 1. The molecular weight excluding hydrogens is 293 g/mol. The van der Waals surface area contributed by atoms with Gasteiger partial charge in [0.1, 0.15) is 0 Å². The minimum atomic E-state index is 0. The fourth-order valence-electron chi connectivity index (χ4n) is 1.56. The largest absolute Gasteiger partial charge is 1.00 e. The molecule has 0 aliphatic carbocycles. The lowest BCUT2D eigenvalue weighted by atomic mass is 10.2. The number of aromatic amines is 1. The Morgan fingerprint density at radius 3 is 2.75 bits per heavy atom. The maximum atomic E-state index is 3.30. The van der Waals surface area contributed by atoms with Gasteiger partial charge in [0.15, 0.2) is 5.82 Å². The summed E-state index contributed by atoms with van der Waals surface area (Å²) in [4.78, 5) is 3.28. The molecule has 0 atom stereocenters. The summed E-state index contributed by atoms with van der Waals surface area (Å²) in [6, 6.07) is 10.2. The highest BCUT2D eigenvalue weighted by atomic mass is 79.9. The molecule has 2 aromatic rings. The van der Waals surface area contributed by atoms with Crippen molar-refractivity contribution < 1.29 is 17.5 Å². The summed E-state index contributed by atoms with van der Waals surface area (Å²) in [6.45, 7) is 0. The van der Waals surface area contributed by atoms with Crippen LogP contribution in [0.25, 0.3) is 10.9 Å². The van der Waals surface area contributed by atoms with Gasteiger partial charge in [0, 0.05) is 10.9 Å². The number of amidine groups is 1. The van der Waals surface area contributed by atoms with Gasteiger partial charge in [-0.05, 0) is 17.7 Å². The Morgan fingerprint density at radius 2 is 2.06 bits per heavy atom. The van der Waals surface area contributed by atoms with Crippen LogP contribution in [0, 0.1) is 0 Å². The number of nitrogens with one attached hydrogen (secondary N) is 4. The maximum absolute atomic E-state index is 3.30. The number of hydrazone groups is 1. The van der Waals surface area contributed by atoms with Crippen LogP contribution in [-0.2, 0) is 0 Å². The number of fused-ring (bicyclic) bond motifs is 1. The number of rotatable bonds is 1. The number of benzene rings is 1. The average molecular weight is 303 g/mol. The van der Waals surface area contributed by atoms with Gasteiger partial charge in [-0.25, -0.2) is 0 Å². The van der Waals surface area contributed by atoms with Crippen LogP contribution < -0.4 is 33.6 Å². The van der Waals surface area contributed by atoms with Gasteiger partial charge in [0.25, 0.3) is 0 Å². The molecule has 0 saturated heterocycles. The lowest BCUT2D eigenvalue weighted by Gasteiger charge is -2.04. The van der Waals surface area contributed by atoms with Crippen molar-refractivity contribution in [3.8, 4) is 0 Å². The van der Waals surface area contributed by atoms with E-state index in [9.17, 15) is 0 Å². The number of halogens is 2. The van der Waals surface area contributed by atoms with Crippen LogP contribution in [0.5, 0.6) is 0 Å². The summed E-state index contributed by atoms with van der Waals surface area (Å²) < 4.78 is 0.779. The molecule has 1 aromatic carbocycles. The van der Waals surface area contributed by atoms with Crippen molar-refractivity contribution in [2.45, 2.75) is 0 Å². The highest BCUT2D eigenvalue weighted by Crippen LogP contribution is 2.18. The number of nitrogens with zero attached hydrogens (tertiary/aromatic N) is 1. The molecule has 84 valence electrons.